The summed E-state index contributed by atoms with van der Waals surface area (Å²) >= 11 is 0. The molecule has 120 valence electrons. The maximum absolute atomic E-state index is 14.6. The molecule has 6 rings (SSSR count). The number of aryl methyl sites for hydroxylation is 1. The van der Waals surface area contributed by atoms with E-state index in [2.05, 4.69) is 54.0 Å². The first-order valence-electron chi connectivity index (χ1n) is 8.74. The Kier molecular flexibility index (Phi) is 2.36. The molecule has 0 radical (unpaired) electrons. The molecule has 0 spiro atoms. The van der Waals surface area contributed by atoms with Crippen LogP contribution in [-0.2, 0) is 13.0 Å². The van der Waals surface area contributed by atoms with E-state index in [9.17, 15) is 4.39 Å². The van der Waals surface area contributed by atoms with Gasteiger partial charge in [0.1, 0.15) is 5.82 Å². The minimum atomic E-state index is -0.105. The van der Waals surface area contributed by atoms with E-state index >= 15 is 0 Å². The molecular weight excluding hydrogens is 309 g/mol. The zero-order chi connectivity index (χ0) is 16.7. The predicted octanol–water partition coefficient (Wildman–Crippen LogP) is 5.69. The quantitative estimate of drug-likeness (QED) is 0.338. The van der Waals surface area contributed by atoms with Gasteiger partial charge >= 0.3 is 0 Å². The molecule has 25 heavy (non-hydrogen) atoms. The van der Waals surface area contributed by atoms with E-state index in [0.717, 1.165) is 17.5 Å². The van der Waals surface area contributed by atoms with Crippen molar-refractivity contribution < 1.29 is 4.39 Å². The normalized spacial score (nSPS) is 13.7. The summed E-state index contributed by atoms with van der Waals surface area (Å²) in [5.41, 5.74) is 10.9. The van der Waals surface area contributed by atoms with Gasteiger partial charge in [-0.15, -0.1) is 0 Å². The highest BCUT2D eigenvalue weighted by atomic mass is 19.1. The molecule has 0 unspecified atom stereocenters. The van der Waals surface area contributed by atoms with Crippen molar-refractivity contribution in [1.29, 1.82) is 0 Å². The first kappa shape index (κ1) is 13.4. The summed E-state index contributed by atoms with van der Waals surface area (Å²) < 4.78 is 16.9. The van der Waals surface area contributed by atoms with Crippen LogP contribution in [0.3, 0.4) is 0 Å². The van der Waals surface area contributed by atoms with E-state index in [1.807, 2.05) is 6.07 Å². The van der Waals surface area contributed by atoms with Crippen molar-refractivity contribution in [2.45, 2.75) is 19.9 Å². The van der Waals surface area contributed by atoms with Gasteiger partial charge in [0.25, 0.3) is 0 Å². The second-order valence-electron chi connectivity index (χ2n) is 7.22. The standard InChI is InChI=1S/C23H16FN/c1-13-9-17-16-7-4-8-21(24)20(16)12-25-22-15-6-3-2-5-14(15)11-19(22)18(10-13)23(17)25/h2-10H,11-12H2,1H3. The molecule has 0 N–H and O–H groups in total. The molecule has 0 saturated carbocycles. The zero-order valence-corrected chi connectivity index (χ0v) is 13.9. The van der Waals surface area contributed by atoms with Gasteiger partial charge in [0.05, 0.1) is 17.8 Å². The monoisotopic (exact) mass is 325 g/mol. The number of fused-ring (bicyclic) bond motifs is 7. The van der Waals surface area contributed by atoms with Crippen molar-refractivity contribution >= 4 is 10.9 Å². The number of benzene rings is 3. The molecule has 0 amide bonds. The van der Waals surface area contributed by atoms with Crippen LogP contribution in [0.1, 0.15) is 22.3 Å². The lowest BCUT2D eigenvalue weighted by molar-refractivity contribution is 0.602. The fraction of sp³-hybridized carbons (Fsp3) is 0.130. The van der Waals surface area contributed by atoms with Crippen molar-refractivity contribution in [3.8, 4) is 22.4 Å². The highest BCUT2D eigenvalue weighted by molar-refractivity contribution is 6.04. The molecule has 1 aliphatic carbocycles. The molecule has 0 fully saturated rings. The van der Waals surface area contributed by atoms with E-state index in [1.54, 1.807) is 6.07 Å². The molecule has 1 nitrogen and oxygen atoms in total. The Morgan fingerprint density at radius 1 is 0.880 bits per heavy atom. The Labute approximate surface area is 145 Å². The van der Waals surface area contributed by atoms with Crippen LogP contribution in [-0.4, -0.2) is 4.57 Å². The summed E-state index contributed by atoms with van der Waals surface area (Å²) in [5, 5.41) is 1.33. The van der Waals surface area contributed by atoms with Crippen LogP contribution >= 0.6 is 0 Å². The molecule has 2 aliphatic rings. The third-order valence-electron chi connectivity index (χ3n) is 5.77. The number of hydrogen-bond acceptors (Lipinski definition) is 0. The van der Waals surface area contributed by atoms with Crippen LogP contribution in [0, 0.1) is 12.7 Å². The van der Waals surface area contributed by atoms with E-state index in [4.69, 9.17) is 0 Å². The van der Waals surface area contributed by atoms with Gasteiger partial charge in [0, 0.05) is 28.5 Å². The van der Waals surface area contributed by atoms with Crippen molar-refractivity contribution in [2.75, 3.05) is 0 Å². The van der Waals surface area contributed by atoms with Gasteiger partial charge in [-0.1, -0.05) is 36.4 Å². The van der Waals surface area contributed by atoms with Crippen molar-refractivity contribution in [2.24, 2.45) is 0 Å². The molecular formula is C23H16FN. The zero-order valence-electron chi connectivity index (χ0n) is 13.9. The Morgan fingerprint density at radius 3 is 2.64 bits per heavy atom. The third kappa shape index (κ3) is 1.57. The van der Waals surface area contributed by atoms with Gasteiger partial charge in [-0.05, 0) is 47.4 Å². The topological polar surface area (TPSA) is 4.93 Å². The second-order valence-corrected chi connectivity index (χ2v) is 7.22. The average molecular weight is 325 g/mol. The van der Waals surface area contributed by atoms with Crippen LogP contribution in [0.25, 0.3) is 33.3 Å². The van der Waals surface area contributed by atoms with Crippen molar-refractivity contribution in [3.63, 3.8) is 0 Å². The lowest BCUT2D eigenvalue weighted by atomic mass is 9.92. The maximum atomic E-state index is 14.6. The Bertz CT molecular complexity index is 1210. The van der Waals surface area contributed by atoms with E-state index < -0.39 is 0 Å². The largest absolute Gasteiger partial charge is 0.335 e. The van der Waals surface area contributed by atoms with Gasteiger partial charge < -0.3 is 4.57 Å². The molecule has 0 saturated heterocycles. The van der Waals surface area contributed by atoms with Gasteiger partial charge in [0.2, 0.25) is 0 Å². The summed E-state index contributed by atoms with van der Waals surface area (Å²) in [6, 6.07) is 18.6. The molecule has 2 heteroatoms. The highest BCUT2D eigenvalue weighted by Crippen LogP contribution is 2.48. The lowest BCUT2D eigenvalue weighted by Crippen LogP contribution is -2.10. The summed E-state index contributed by atoms with van der Waals surface area (Å²) in [4.78, 5) is 0. The molecule has 4 aromatic rings. The maximum Gasteiger partial charge on any atom is 0.128 e. The van der Waals surface area contributed by atoms with Crippen molar-refractivity contribution in [3.05, 3.63) is 82.7 Å². The number of aromatic nitrogens is 1. The Hall–Kier alpha value is -2.87. The minimum Gasteiger partial charge on any atom is -0.335 e. The first-order valence-corrected chi connectivity index (χ1v) is 8.74. The molecule has 2 heterocycles. The fourth-order valence-corrected chi connectivity index (χ4v) is 4.78. The third-order valence-corrected chi connectivity index (χ3v) is 5.77. The van der Waals surface area contributed by atoms with Crippen LogP contribution in [0.5, 0.6) is 0 Å². The van der Waals surface area contributed by atoms with Crippen LogP contribution in [0.4, 0.5) is 4.39 Å². The Balaban J connectivity index is 1.81. The number of nitrogens with zero attached hydrogens (tertiary/aromatic N) is 1. The van der Waals surface area contributed by atoms with Crippen LogP contribution < -0.4 is 0 Å². The summed E-state index contributed by atoms with van der Waals surface area (Å²) in [6.07, 6.45) is 0.969. The van der Waals surface area contributed by atoms with Gasteiger partial charge in [-0.3, -0.25) is 0 Å². The summed E-state index contributed by atoms with van der Waals surface area (Å²) in [6.45, 7) is 2.74. The predicted molar refractivity (Wildman–Crippen MR) is 99.4 cm³/mol. The smallest absolute Gasteiger partial charge is 0.128 e. The molecule has 1 aliphatic heterocycles. The van der Waals surface area contributed by atoms with Crippen molar-refractivity contribution in [1.82, 2.24) is 4.57 Å². The average Bonchev–Trinajstić information content (AvgIpc) is 3.13. The summed E-state index contributed by atoms with van der Waals surface area (Å²) in [7, 11) is 0. The van der Waals surface area contributed by atoms with Gasteiger partial charge in [0.15, 0.2) is 0 Å². The van der Waals surface area contributed by atoms with E-state index in [1.165, 1.54) is 44.4 Å². The highest BCUT2D eigenvalue weighted by Gasteiger charge is 2.31. The number of halogens is 1. The Morgan fingerprint density at radius 2 is 1.72 bits per heavy atom. The first-order chi connectivity index (χ1) is 12.2. The van der Waals surface area contributed by atoms with Crippen LogP contribution in [0.15, 0.2) is 54.6 Å². The van der Waals surface area contributed by atoms with Crippen LogP contribution in [0.2, 0.25) is 0 Å². The molecule has 0 bridgehead atoms. The van der Waals surface area contributed by atoms with E-state index in [-0.39, 0.29) is 5.82 Å². The molecule has 1 aromatic heterocycles. The molecule has 0 atom stereocenters. The number of rotatable bonds is 0. The summed E-state index contributed by atoms with van der Waals surface area (Å²) in [5.74, 6) is -0.105. The second kappa shape index (κ2) is 4.40. The number of hydrogen-bond donors (Lipinski definition) is 0. The van der Waals surface area contributed by atoms with Gasteiger partial charge in [-0.25, -0.2) is 4.39 Å². The van der Waals surface area contributed by atoms with Gasteiger partial charge in [-0.2, -0.15) is 0 Å². The molecule has 3 aromatic carbocycles. The van der Waals surface area contributed by atoms with E-state index in [0.29, 0.717) is 6.54 Å². The minimum absolute atomic E-state index is 0.105. The lowest BCUT2D eigenvalue weighted by Gasteiger charge is -2.22. The fourth-order valence-electron chi connectivity index (χ4n) is 4.78. The SMILES string of the molecule is Cc1cc2c3c(c1)c1c(n3Cc3c(F)cccc3-2)-c2ccccc2C1.